The highest BCUT2D eigenvalue weighted by molar-refractivity contribution is 7.89. The standard InChI is InChI=1S/C17H21FN2O3S/c18-14-6-4-7-15(12-14)24(21,22)19-13-16(17-8-5-11-23-17)20-9-2-1-3-10-20/h4-8,11-12,16,19H,1-3,9-10,13H2. The van der Waals surface area contributed by atoms with Crippen molar-refractivity contribution in [2.24, 2.45) is 0 Å². The Kier molecular flexibility index (Phi) is 5.33. The van der Waals surface area contributed by atoms with Gasteiger partial charge in [0.05, 0.1) is 17.2 Å². The summed E-state index contributed by atoms with van der Waals surface area (Å²) in [6.45, 7) is 2.01. The molecule has 7 heteroatoms. The van der Waals surface area contributed by atoms with E-state index in [1.54, 1.807) is 12.3 Å². The third-order valence-corrected chi connectivity index (χ3v) is 5.70. The van der Waals surface area contributed by atoms with Gasteiger partial charge < -0.3 is 4.42 Å². The van der Waals surface area contributed by atoms with E-state index in [-0.39, 0.29) is 17.5 Å². The molecule has 5 nitrogen and oxygen atoms in total. The number of nitrogens with zero attached hydrogens (tertiary/aromatic N) is 1. The molecule has 1 atom stereocenters. The van der Waals surface area contributed by atoms with Crippen LogP contribution in [0.5, 0.6) is 0 Å². The third-order valence-electron chi connectivity index (χ3n) is 4.28. The molecule has 0 saturated carbocycles. The van der Waals surface area contributed by atoms with E-state index in [4.69, 9.17) is 4.42 Å². The van der Waals surface area contributed by atoms with Crippen LogP contribution in [0.15, 0.2) is 52.0 Å². The van der Waals surface area contributed by atoms with Crippen molar-refractivity contribution in [1.29, 1.82) is 0 Å². The predicted molar refractivity (Wildman–Crippen MR) is 88.5 cm³/mol. The van der Waals surface area contributed by atoms with Crippen molar-refractivity contribution in [3.63, 3.8) is 0 Å². The van der Waals surface area contributed by atoms with Gasteiger partial charge in [0, 0.05) is 6.54 Å². The van der Waals surface area contributed by atoms with Gasteiger partial charge in [-0.2, -0.15) is 0 Å². The topological polar surface area (TPSA) is 62.6 Å². The van der Waals surface area contributed by atoms with Crippen LogP contribution >= 0.6 is 0 Å². The fourth-order valence-corrected chi connectivity index (χ4v) is 4.10. The molecule has 1 saturated heterocycles. The fraction of sp³-hybridized carbons (Fsp3) is 0.412. The van der Waals surface area contributed by atoms with Crippen LogP contribution in [0.3, 0.4) is 0 Å². The lowest BCUT2D eigenvalue weighted by Gasteiger charge is -2.33. The van der Waals surface area contributed by atoms with Crippen molar-refractivity contribution in [3.8, 4) is 0 Å². The minimum Gasteiger partial charge on any atom is -0.468 e. The zero-order valence-electron chi connectivity index (χ0n) is 13.3. The van der Waals surface area contributed by atoms with Gasteiger partial charge in [-0.3, -0.25) is 4.90 Å². The third kappa shape index (κ3) is 4.03. The Morgan fingerprint density at radius 2 is 1.96 bits per heavy atom. The largest absolute Gasteiger partial charge is 0.468 e. The van der Waals surface area contributed by atoms with Gasteiger partial charge in [-0.05, 0) is 56.3 Å². The Morgan fingerprint density at radius 1 is 1.17 bits per heavy atom. The molecule has 24 heavy (non-hydrogen) atoms. The maximum Gasteiger partial charge on any atom is 0.240 e. The highest BCUT2D eigenvalue weighted by Crippen LogP contribution is 2.25. The summed E-state index contributed by atoms with van der Waals surface area (Å²) in [6.07, 6.45) is 4.96. The first-order valence-electron chi connectivity index (χ1n) is 8.09. The van der Waals surface area contributed by atoms with E-state index in [1.807, 2.05) is 6.07 Å². The molecular weight excluding hydrogens is 331 g/mol. The monoisotopic (exact) mass is 352 g/mol. The number of sulfonamides is 1. The van der Waals surface area contributed by atoms with Gasteiger partial charge in [0.25, 0.3) is 0 Å². The average Bonchev–Trinajstić information content (AvgIpc) is 3.10. The molecule has 3 rings (SSSR count). The van der Waals surface area contributed by atoms with Gasteiger partial charge in [-0.25, -0.2) is 17.5 Å². The molecule has 1 fully saturated rings. The van der Waals surface area contributed by atoms with E-state index in [2.05, 4.69) is 9.62 Å². The van der Waals surface area contributed by atoms with Crippen molar-refractivity contribution in [1.82, 2.24) is 9.62 Å². The average molecular weight is 352 g/mol. The summed E-state index contributed by atoms with van der Waals surface area (Å²) >= 11 is 0. The Bertz CT molecular complexity index is 756. The molecule has 2 heterocycles. The van der Waals surface area contributed by atoms with Crippen molar-refractivity contribution in [3.05, 3.63) is 54.2 Å². The lowest BCUT2D eigenvalue weighted by Crippen LogP contribution is -2.40. The van der Waals surface area contributed by atoms with E-state index >= 15 is 0 Å². The number of furan rings is 1. The number of halogens is 1. The number of piperidine rings is 1. The second kappa shape index (κ2) is 7.46. The van der Waals surface area contributed by atoms with Crippen LogP contribution < -0.4 is 4.72 Å². The number of benzene rings is 1. The first-order valence-corrected chi connectivity index (χ1v) is 9.57. The quantitative estimate of drug-likeness (QED) is 0.868. The van der Waals surface area contributed by atoms with E-state index in [1.165, 1.54) is 24.6 Å². The van der Waals surface area contributed by atoms with E-state index in [9.17, 15) is 12.8 Å². The number of hydrogen-bond acceptors (Lipinski definition) is 4. The van der Waals surface area contributed by atoms with Crippen molar-refractivity contribution in [2.45, 2.75) is 30.2 Å². The molecule has 1 aromatic heterocycles. The summed E-state index contributed by atoms with van der Waals surface area (Å²) in [5.41, 5.74) is 0. The van der Waals surface area contributed by atoms with Crippen LogP contribution in [-0.2, 0) is 10.0 Å². The molecule has 0 radical (unpaired) electrons. The second-order valence-corrected chi connectivity index (χ2v) is 7.70. The maximum atomic E-state index is 13.3. The van der Waals surface area contributed by atoms with Crippen LogP contribution in [0.4, 0.5) is 4.39 Å². The van der Waals surface area contributed by atoms with Gasteiger partial charge in [0.1, 0.15) is 11.6 Å². The van der Waals surface area contributed by atoms with Crippen molar-refractivity contribution < 1.29 is 17.2 Å². The smallest absolute Gasteiger partial charge is 0.240 e. The van der Waals surface area contributed by atoms with Crippen LogP contribution in [0.1, 0.15) is 31.1 Å². The number of rotatable bonds is 6. The fourth-order valence-electron chi connectivity index (χ4n) is 3.03. The zero-order chi connectivity index (χ0) is 17.0. The maximum absolute atomic E-state index is 13.3. The van der Waals surface area contributed by atoms with Gasteiger partial charge in [0.2, 0.25) is 10.0 Å². The van der Waals surface area contributed by atoms with Gasteiger partial charge in [0.15, 0.2) is 0 Å². The molecule has 1 unspecified atom stereocenters. The summed E-state index contributed by atoms with van der Waals surface area (Å²) in [6, 6.07) is 8.50. The molecule has 0 amide bonds. The van der Waals surface area contributed by atoms with Crippen molar-refractivity contribution in [2.75, 3.05) is 19.6 Å². The first kappa shape index (κ1) is 17.1. The van der Waals surface area contributed by atoms with Gasteiger partial charge >= 0.3 is 0 Å². The highest BCUT2D eigenvalue weighted by Gasteiger charge is 2.26. The molecule has 0 spiro atoms. The molecule has 1 aliphatic heterocycles. The highest BCUT2D eigenvalue weighted by atomic mass is 32.2. The normalized spacial score (nSPS) is 17.7. The number of nitrogens with one attached hydrogen (secondary N) is 1. The molecular formula is C17H21FN2O3S. The molecule has 130 valence electrons. The summed E-state index contributed by atoms with van der Waals surface area (Å²) < 4.78 is 46.2. The predicted octanol–water partition coefficient (Wildman–Crippen LogP) is 2.92. The Hall–Kier alpha value is -1.70. The van der Waals surface area contributed by atoms with Crippen LogP contribution in [0.2, 0.25) is 0 Å². The molecule has 0 bridgehead atoms. The Balaban J connectivity index is 1.75. The van der Waals surface area contributed by atoms with E-state index in [0.717, 1.165) is 37.8 Å². The summed E-state index contributed by atoms with van der Waals surface area (Å²) in [5, 5.41) is 0. The first-order chi connectivity index (χ1) is 11.6. The lowest BCUT2D eigenvalue weighted by atomic mass is 10.1. The zero-order valence-corrected chi connectivity index (χ0v) is 14.1. The summed E-state index contributed by atoms with van der Waals surface area (Å²) in [4.78, 5) is 2.16. The van der Waals surface area contributed by atoms with Crippen LogP contribution in [-0.4, -0.2) is 33.0 Å². The van der Waals surface area contributed by atoms with Gasteiger partial charge in [-0.1, -0.05) is 12.5 Å². The molecule has 0 aliphatic carbocycles. The second-order valence-electron chi connectivity index (χ2n) is 5.94. The SMILES string of the molecule is O=S(=O)(NCC(c1ccco1)N1CCCCC1)c1cccc(F)c1. The van der Waals surface area contributed by atoms with E-state index in [0.29, 0.717) is 0 Å². The molecule has 2 aromatic rings. The Morgan fingerprint density at radius 3 is 2.62 bits per heavy atom. The minimum atomic E-state index is -3.77. The Labute approximate surface area is 141 Å². The van der Waals surface area contributed by atoms with Crippen LogP contribution in [0, 0.1) is 5.82 Å². The van der Waals surface area contributed by atoms with Crippen molar-refractivity contribution >= 4 is 10.0 Å². The molecule has 1 N–H and O–H groups in total. The summed E-state index contributed by atoms with van der Waals surface area (Å²) in [7, 11) is -3.77. The number of likely N-dealkylation sites (tertiary alicyclic amines) is 1. The number of hydrogen-bond donors (Lipinski definition) is 1. The molecule has 1 aromatic carbocycles. The van der Waals surface area contributed by atoms with E-state index < -0.39 is 15.8 Å². The van der Waals surface area contributed by atoms with Crippen LogP contribution in [0.25, 0.3) is 0 Å². The minimum absolute atomic E-state index is 0.0701. The lowest BCUT2D eigenvalue weighted by molar-refractivity contribution is 0.147. The van der Waals surface area contributed by atoms with Gasteiger partial charge in [-0.15, -0.1) is 0 Å². The summed E-state index contributed by atoms with van der Waals surface area (Å²) in [5.74, 6) is 0.162. The molecule has 1 aliphatic rings.